The van der Waals surface area contributed by atoms with E-state index in [2.05, 4.69) is 30.4 Å². The maximum atomic E-state index is 6.10. The fourth-order valence-electron chi connectivity index (χ4n) is 3.34. The molecule has 0 saturated heterocycles. The molecule has 1 aliphatic rings. The summed E-state index contributed by atoms with van der Waals surface area (Å²) < 4.78 is 4.17. The molecule has 28 heavy (non-hydrogen) atoms. The van der Waals surface area contributed by atoms with E-state index in [1.54, 1.807) is 7.05 Å². The third-order valence-electron chi connectivity index (χ3n) is 4.93. The molecule has 7 nitrogen and oxygen atoms in total. The van der Waals surface area contributed by atoms with E-state index >= 15 is 0 Å². The first-order valence-electron chi connectivity index (χ1n) is 9.45. The Bertz CT molecular complexity index is 800. The molecule has 0 atom stereocenters. The van der Waals surface area contributed by atoms with E-state index in [-0.39, 0.29) is 24.0 Å². The van der Waals surface area contributed by atoms with Gasteiger partial charge in [-0.25, -0.2) is 0 Å². The van der Waals surface area contributed by atoms with Crippen molar-refractivity contribution in [3.63, 3.8) is 0 Å². The molecule has 156 valence electrons. The number of nitrogens with zero attached hydrogens (tertiary/aromatic N) is 5. The quantitative estimate of drug-likeness (QED) is 0.255. The number of hydrogen-bond donors (Lipinski definition) is 2. The maximum absolute atomic E-state index is 6.10. The number of hydrogen-bond acceptors (Lipinski definition) is 3. The van der Waals surface area contributed by atoms with E-state index < -0.39 is 0 Å². The van der Waals surface area contributed by atoms with Crippen LogP contribution in [0.2, 0.25) is 10.2 Å². The molecule has 1 aliphatic heterocycles. The molecule has 0 unspecified atom stereocenters. The first kappa shape index (κ1) is 23.3. The Balaban J connectivity index is 0.00000280. The lowest BCUT2D eigenvalue weighted by atomic mass is 10.2. The standard InChI is InChI=1S/C18H27Cl2N7.HI/c1-21-18(23-12-13-11-14(19)17(20)26(13)2)22-9-6-8-16-25-24-15-7-4-3-5-10-27(15)16;/h11H,3-10,12H2,1-2H3,(H2,21,22,23);1H. The van der Waals surface area contributed by atoms with Crippen molar-refractivity contribution < 1.29 is 0 Å². The topological polar surface area (TPSA) is 72.1 Å². The summed E-state index contributed by atoms with van der Waals surface area (Å²) in [4.78, 5) is 4.27. The summed E-state index contributed by atoms with van der Waals surface area (Å²) >= 11 is 12.2. The summed E-state index contributed by atoms with van der Waals surface area (Å²) in [6.07, 6.45) is 6.67. The van der Waals surface area contributed by atoms with Crippen molar-refractivity contribution in [2.45, 2.75) is 51.6 Å². The van der Waals surface area contributed by atoms with Crippen LogP contribution in [0.4, 0.5) is 0 Å². The van der Waals surface area contributed by atoms with E-state index in [0.717, 1.165) is 55.7 Å². The number of aromatic nitrogens is 4. The molecule has 0 bridgehead atoms. The normalized spacial score (nSPS) is 14.2. The van der Waals surface area contributed by atoms with Crippen LogP contribution in [0.25, 0.3) is 0 Å². The van der Waals surface area contributed by atoms with Gasteiger partial charge in [-0.05, 0) is 25.3 Å². The van der Waals surface area contributed by atoms with Gasteiger partial charge >= 0.3 is 0 Å². The Morgan fingerprint density at radius 3 is 2.75 bits per heavy atom. The van der Waals surface area contributed by atoms with Crippen LogP contribution in [0.15, 0.2) is 11.1 Å². The molecule has 2 N–H and O–H groups in total. The number of nitrogens with one attached hydrogen (secondary N) is 2. The largest absolute Gasteiger partial charge is 0.356 e. The third-order valence-corrected chi connectivity index (χ3v) is 5.77. The lowest BCUT2D eigenvalue weighted by Gasteiger charge is -2.12. The molecule has 3 heterocycles. The molecule has 0 spiro atoms. The van der Waals surface area contributed by atoms with E-state index in [4.69, 9.17) is 23.2 Å². The monoisotopic (exact) mass is 539 g/mol. The van der Waals surface area contributed by atoms with Gasteiger partial charge in [0.1, 0.15) is 16.8 Å². The molecule has 2 aromatic heterocycles. The van der Waals surface area contributed by atoms with E-state index in [1.807, 2.05) is 17.7 Å². The van der Waals surface area contributed by atoms with Crippen LogP contribution >= 0.6 is 47.2 Å². The van der Waals surface area contributed by atoms with Gasteiger partial charge in [0.2, 0.25) is 0 Å². The second kappa shape index (κ2) is 11.3. The highest BCUT2D eigenvalue weighted by molar-refractivity contribution is 14.0. The molecule has 0 aliphatic carbocycles. The highest BCUT2D eigenvalue weighted by atomic mass is 127. The van der Waals surface area contributed by atoms with Crippen molar-refractivity contribution in [2.75, 3.05) is 13.6 Å². The van der Waals surface area contributed by atoms with Gasteiger partial charge < -0.3 is 19.8 Å². The second-order valence-corrected chi connectivity index (χ2v) is 7.55. The average molecular weight is 540 g/mol. The van der Waals surface area contributed by atoms with Crippen LogP contribution < -0.4 is 10.6 Å². The molecule has 3 rings (SSSR count). The van der Waals surface area contributed by atoms with E-state index in [0.29, 0.717) is 16.7 Å². The SMILES string of the molecule is CN=C(NCCCc1nnc2n1CCCCC2)NCc1cc(Cl)c(Cl)n1C.I. The molecular formula is C18H28Cl2IN7. The molecule has 0 radical (unpaired) electrons. The molecule has 0 amide bonds. The smallest absolute Gasteiger partial charge is 0.191 e. The minimum absolute atomic E-state index is 0. The first-order chi connectivity index (χ1) is 13.1. The van der Waals surface area contributed by atoms with Crippen LogP contribution in [0.1, 0.15) is 43.0 Å². The fraction of sp³-hybridized carbons (Fsp3) is 0.611. The van der Waals surface area contributed by atoms with Crippen LogP contribution in [0.3, 0.4) is 0 Å². The fourth-order valence-corrected chi connectivity index (χ4v) is 3.75. The van der Waals surface area contributed by atoms with E-state index in [9.17, 15) is 0 Å². The zero-order valence-corrected chi connectivity index (χ0v) is 20.2. The van der Waals surface area contributed by atoms with Crippen molar-refractivity contribution in [1.29, 1.82) is 0 Å². The van der Waals surface area contributed by atoms with Gasteiger partial charge in [0.15, 0.2) is 5.96 Å². The summed E-state index contributed by atoms with van der Waals surface area (Å²) in [5, 5.41) is 16.5. The number of halogens is 3. The number of rotatable bonds is 6. The van der Waals surface area contributed by atoms with Gasteiger partial charge in [-0.3, -0.25) is 4.99 Å². The minimum atomic E-state index is 0. The summed E-state index contributed by atoms with van der Waals surface area (Å²) in [5.74, 6) is 3.00. The summed E-state index contributed by atoms with van der Waals surface area (Å²) in [6.45, 7) is 2.47. The highest BCUT2D eigenvalue weighted by Gasteiger charge is 2.14. The summed E-state index contributed by atoms with van der Waals surface area (Å²) in [7, 11) is 3.65. The number of guanidine groups is 1. The Kier molecular flexibility index (Phi) is 9.36. The molecular weight excluding hydrogens is 512 g/mol. The van der Waals surface area contributed by atoms with Gasteiger partial charge in [-0.1, -0.05) is 29.6 Å². The van der Waals surface area contributed by atoms with Gasteiger partial charge in [0.25, 0.3) is 0 Å². The maximum Gasteiger partial charge on any atom is 0.191 e. The molecule has 0 saturated carbocycles. The van der Waals surface area contributed by atoms with Crippen LogP contribution in [-0.4, -0.2) is 38.9 Å². The third kappa shape index (κ3) is 5.76. The van der Waals surface area contributed by atoms with Crippen molar-refractivity contribution in [3.05, 3.63) is 33.6 Å². The number of aliphatic imine (C=N–C) groups is 1. The zero-order valence-electron chi connectivity index (χ0n) is 16.3. The number of fused-ring (bicyclic) bond motifs is 1. The molecule has 2 aromatic rings. The Morgan fingerprint density at radius 2 is 2.04 bits per heavy atom. The van der Waals surface area contributed by atoms with E-state index in [1.165, 1.54) is 19.3 Å². The van der Waals surface area contributed by atoms with Crippen molar-refractivity contribution >= 4 is 53.1 Å². The molecule has 10 heteroatoms. The van der Waals surface area contributed by atoms with Crippen molar-refractivity contribution in [2.24, 2.45) is 12.0 Å². The summed E-state index contributed by atoms with van der Waals surface area (Å²) in [6, 6.07) is 1.86. The van der Waals surface area contributed by atoms with Gasteiger partial charge in [-0.15, -0.1) is 34.2 Å². The second-order valence-electron chi connectivity index (χ2n) is 6.78. The van der Waals surface area contributed by atoms with Gasteiger partial charge in [-0.2, -0.15) is 0 Å². The molecule has 0 aromatic carbocycles. The van der Waals surface area contributed by atoms with Crippen LogP contribution in [0, 0.1) is 0 Å². The predicted octanol–water partition coefficient (Wildman–Crippen LogP) is 3.57. The Hall–Kier alpha value is -1.000. The lowest BCUT2D eigenvalue weighted by molar-refractivity contribution is 0.593. The Morgan fingerprint density at radius 1 is 1.21 bits per heavy atom. The van der Waals surface area contributed by atoms with Crippen LogP contribution in [-0.2, 0) is 33.0 Å². The lowest BCUT2D eigenvalue weighted by Crippen LogP contribution is -2.37. The van der Waals surface area contributed by atoms with Gasteiger partial charge in [0.05, 0.1) is 11.6 Å². The average Bonchev–Trinajstić information content (AvgIpc) is 3.05. The van der Waals surface area contributed by atoms with Crippen molar-refractivity contribution in [1.82, 2.24) is 30.0 Å². The highest BCUT2D eigenvalue weighted by Crippen LogP contribution is 2.24. The number of aryl methyl sites for hydroxylation is 2. The van der Waals surface area contributed by atoms with Crippen LogP contribution in [0.5, 0.6) is 0 Å². The summed E-state index contributed by atoms with van der Waals surface area (Å²) in [5.41, 5.74) is 0.999. The zero-order chi connectivity index (χ0) is 19.2. The minimum Gasteiger partial charge on any atom is -0.356 e. The van der Waals surface area contributed by atoms with Gasteiger partial charge in [0, 0.05) is 45.7 Å². The first-order valence-corrected chi connectivity index (χ1v) is 10.2. The van der Waals surface area contributed by atoms with Crippen molar-refractivity contribution in [3.8, 4) is 0 Å². The predicted molar refractivity (Wildman–Crippen MR) is 125 cm³/mol. The Labute approximate surface area is 193 Å². The molecule has 0 fully saturated rings.